The molecule has 0 radical (unpaired) electrons. The molecule has 1 aliphatic heterocycles. The second-order valence-electron chi connectivity index (χ2n) is 6.31. The van der Waals surface area contributed by atoms with Crippen LogP contribution < -0.4 is 5.32 Å². The Morgan fingerprint density at radius 2 is 2.00 bits per heavy atom. The van der Waals surface area contributed by atoms with Crippen LogP contribution in [0.1, 0.15) is 24.2 Å². The lowest BCUT2D eigenvalue weighted by Gasteiger charge is -2.31. The molecule has 0 atom stereocenters. The van der Waals surface area contributed by atoms with Gasteiger partial charge in [-0.1, -0.05) is 12.1 Å². The highest BCUT2D eigenvalue weighted by Gasteiger charge is 2.22. The fraction of sp³-hybridized carbons (Fsp3) is 0.421. The number of hydrogen-bond donors (Lipinski definition) is 1. The van der Waals surface area contributed by atoms with Gasteiger partial charge >= 0.3 is 6.03 Å². The van der Waals surface area contributed by atoms with Gasteiger partial charge in [-0.15, -0.1) is 0 Å². The summed E-state index contributed by atoms with van der Waals surface area (Å²) in [4.78, 5) is 14.1. The van der Waals surface area contributed by atoms with Crippen molar-refractivity contribution >= 4 is 17.8 Å². The lowest BCUT2D eigenvalue weighted by atomic mass is 9.99. The van der Waals surface area contributed by atoms with Crippen molar-refractivity contribution in [2.24, 2.45) is 5.92 Å². The first-order valence-corrected chi connectivity index (χ1v) is 9.73. The molecule has 25 heavy (non-hydrogen) atoms. The van der Waals surface area contributed by atoms with Crippen LogP contribution in [0.4, 0.5) is 9.18 Å². The number of nitrogens with zero attached hydrogens (tertiary/aromatic N) is 1. The number of amides is 2. The van der Waals surface area contributed by atoms with Gasteiger partial charge in [0.25, 0.3) is 0 Å². The van der Waals surface area contributed by atoms with E-state index in [2.05, 4.69) is 5.32 Å². The van der Waals surface area contributed by atoms with Gasteiger partial charge in [0.2, 0.25) is 0 Å². The number of rotatable bonds is 6. The van der Waals surface area contributed by atoms with E-state index in [0.717, 1.165) is 48.8 Å². The molecule has 3 rings (SSSR count). The van der Waals surface area contributed by atoms with E-state index in [1.807, 2.05) is 28.8 Å². The molecule has 1 N–H and O–H groups in total. The summed E-state index contributed by atoms with van der Waals surface area (Å²) in [5.74, 6) is 3.42. The number of hydrogen-bond acceptors (Lipinski definition) is 3. The molecule has 1 aromatic heterocycles. The van der Waals surface area contributed by atoms with Crippen LogP contribution >= 0.6 is 11.8 Å². The van der Waals surface area contributed by atoms with Gasteiger partial charge in [-0.3, -0.25) is 0 Å². The van der Waals surface area contributed by atoms with Gasteiger partial charge in [0.05, 0.1) is 12.0 Å². The van der Waals surface area contributed by atoms with Gasteiger partial charge in [0, 0.05) is 19.6 Å². The minimum Gasteiger partial charge on any atom is -0.468 e. The molecule has 134 valence electrons. The number of urea groups is 1. The zero-order valence-electron chi connectivity index (χ0n) is 14.1. The predicted octanol–water partition coefficient (Wildman–Crippen LogP) is 4.27. The van der Waals surface area contributed by atoms with E-state index >= 15 is 0 Å². The molecule has 1 aliphatic rings. The minimum absolute atomic E-state index is 0.0361. The number of furan rings is 1. The zero-order chi connectivity index (χ0) is 17.5. The predicted molar refractivity (Wildman–Crippen MR) is 97.8 cm³/mol. The molecule has 0 saturated carbocycles. The number of carbonyl (C=O) groups is 1. The largest absolute Gasteiger partial charge is 0.468 e. The van der Waals surface area contributed by atoms with E-state index in [1.54, 1.807) is 18.4 Å². The summed E-state index contributed by atoms with van der Waals surface area (Å²) < 4.78 is 18.2. The summed E-state index contributed by atoms with van der Waals surface area (Å²) in [6.45, 7) is 2.01. The van der Waals surface area contributed by atoms with E-state index in [0.29, 0.717) is 12.5 Å². The average Bonchev–Trinajstić information content (AvgIpc) is 3.15. The van der Waals surface area contributed by atoms with E-state index in [-0.39, 0.29) is 11.8 Å². The summed E-state index contributed by atoms with van der Waals surface area (Å²) in [6.07, 6.45) is 3.78. The number of halogens is 1. The van der Waals surface area contributed by atoms with Crippen LogP contribution in [0.3, 0.4) is 0 Å². The molecule has 2 amide bonds. The molecule has 0 unspecified atom stereocenters. The third kappa shape index (κ3) is 5.53. The molecule has 1 saturated heterocycles. The number of likely N-dealkylation sites (tertiary alicyclic amines) is 1. The fourth-order valence-corrected chi connectivity index (χ4v) is 4.07. The van der Waals surface area contributed by atoms with Crippen molar-refractivity contribution in [3.63, 3.8) is 0 Å². The number of thioether (sulfide) groups is 1. The molecule has 4 nitrogen and oxygen atoms in total. The smallest absolute Gasteiger partial charge is 0.317 e. The van der Waals surface area contributed by atoms with Gasteiger partial charge < -0.3 is 14.6 Å². The van der Waals surface area contributed by atoms with Gasteiger partial charge in [-0.05, 0) is 54.3 Å². The Kier molecular flexibility index (Phi) is 6.39. The normalized spacial score (nSPS) is 15.3. The second kappa shape index (κ2) is 8.94. The lowest BCUT2D eigenvalue weighted by Crippen LogP contribution is -2.44. The van der Waals surface area contributed by atoms with Crippen molar-refractivity contribution in [2.45, 2.75) is 25.1 Å². The van der Waals surface area contributed by atoms with Crippen molar-refractivity contribution in [1.82, 2.24) is 10.2 Å². The first kappa shape index (κ1) is 17.9. The quantitative estimate of drug-likeness (QED) is 0.834. The minimum atomic E-state index is -0.262. The first-order chi connectivity index (χ1) is 12.2. The average molecular weight is 362 g/mol. The third-order valence-corrected chi connectivity index (χ3v) is 5.63. The topological polar surface area (TPSA) is 45.5 Å². The van der Waals surface area contributed by atoms with Gasteiger partial charge in [-0.2, -0.15) is 11.8 Å². The molecular formula is C19H23FN2O2S. The Hall–Kier alpha value is -1.95. The van der Waals surface area contributed by atoms with Crippen LogP contribution in [0.15, 0.2) is 47.1 Å². The van der Waals surface area contributed by atoms with Crippen LogP contribution in [-0.2, 0) is 12.3 Å². The summed E-state index contributed by atoms with van der Waals surface area (Å²) in [5.41, 5.74) is 0.902. The molecule has 0 bridgehead atoms. The van der Waals surface area contributed by atoms with Crippen molar-refractivity contribution in [1.29, 1.82) is 0 Å². The SMILES string of the molecule is O=C(NCc1ccc(F)cc1)N1CCC(CSCc2ccco2)CC1. The molecule has 6 heteroatoms. The summed E-state index contributed by atoms with van der Waals surface area (Å²) >= 11 is 1.89. The van der Waals surface area contributed by atoms with Crippen molar-refractivity contribution in [3.8, 4) is 0 Å². The number of piperidine rings is 1. The maximum atomic E-state index is 12.9. The van der Waals surface area contributed by atoms with Crippen molar-refractivity contribution in [3.05, 3.63) is 59.8 Å². The number of benzene rings is 1. The monoisotopic (exact) mass is 362 g/mol. The van der Waals surface area contributed by atoms with Crippen LogP contribution in [0.25, 0.3) is 0 Å². The molecule has 1 aromatic carbocycles. The Morgan fingerprint density at radius 3 is 2.68 bits per heavy atom. The Bertz CT molecular complexity index is 653. The second-order valence-corrected chi connectivity index (χ2v) is 7.34. The molecule has 2 heterocycles. The summed E-state index contributed by atoms with van der Waals surface area (Å²) in [6, 6.07) is 10.1. The standard InChI is InChI=1S/C19H23FN2O2S/c20-17-5-3-15(4-6-17)12-21-19(23)22-9-7-16(8-10-22)13-25-14-18-2-1-11-24-18/h1-6,11,16H,7-10,12-14H2,(H,21,23). The zero-order valence-corrected chi connectivity index (χ0v) is 14.9. The van der Waals surface area contributed by atoms with Gasteiger partial charge in [0.15, 0.2) is 0 Å². The van der Waals surface area contributed by atoms with Gasteiger partial charge in [-0.25, -0.2) is 9.18 Å². The highest BCUT2D eigenvalue weighted by Crippen LogP contribution is 2.24. The van der Waals surface area contributed by atoms with E-state index in [9.17, 15) is 9.18 Å². The highest BCUT2D eigenvalue weighted by atomic mass is 32.2. The van der Waals surface area contributed by atoms with Crippen LogP contribution in [-0.4, -0.2) is 29.8 Å². The lowest BCUT2D eigenvalue weighted by molar-refractivity contribution is 0.174. The third-order valence-electron chi connectivity index (χ3n) is 4.44. The first-order valence-electron chi connectivity index (χ1n) is 8.58. The highest BCUT2D eigenvalue weighted by molar-refractivity contribution is 7.98. The Balaban J connectivity index is 1.33. The maximum absolute atomic E-state index is 12.9. The van der Waals surface area contributed by atoms with Crippen molar-refractivity contribution < 1.29 is 13.6 Å². The van der Waals surface area contributed by atoms with Gasteiger partial charge in [0.1, 0.15) is 11.6 Å². The van der Waals surface area contributed by atoms with Crippen molar-refractivity contribution in [2.75, 3.05) is 18.8 Å². The summed E-state index contributed by atoms with van der Waals surface area (Å²) in [7, 11) is 0. The summed E-state index contributed by atoms with van der Waals surface area (Å²) in [5, 5.41) is 2.91. The molecule has 0 spiro atoms. The van der Waals surface area contributed by atoms with Crippen LogP contribution in [0, 0.1) is 11.7 Å². The molecule has 2 aromatic rings. The van der Waals surface area contributed by atoms with Crippen LogP contribution in [0.5, 0.6) is 0 Å². The van der Waals surface area contributed by atoms with E-state index < -0.39 is 0 Å². The number of carbonyl (C=O) groups excluding carboxylic acids is 1. The Morgan fingerprint density at radius 1 is 1.24 bits per heavy atom. The molecular weight excluding hydrogens is 339 g/mol. The molecule has 0 aliphatic carbocycles. The van der Waals surface area contributed by atoms with E-state index in [4.69, 9.17) is 4.42 Å². The fourth-order valence-electron chi connectivity index (χ4n) is 2.92. The van der Waals surface area contributed by atoms with E-state index in [1.165, 1.54) is 12.1 Å². The molecule has 1 fully saturated rings. The maximum Gasteiger partial charge on any atom is 0.317 e. The Labute approximate surface area is 151 Å². The van der Waals surface area contributed by atoms with Crippen LogP contribution in [0.2, 0.25) is 0 Å². The number of nitrogens with one attached hydrogen (secondary N) is 1.